The molecule has 0 bridgehead atoms. The Morgan fingerprint density at radius 1 is 0.769 bits per heavy atom. The van der Waals surface area contributed by atoms with E-state index in [0.29, 0.717) is 0 Å². The van der Waals surface area contributed by atoms with Gasteiger partial charge < -0.3 is 36.3 Å². The average molecular weight is 408 g/mol. The first kappa shape index (κ1) is 30.4. The minimum atomic E-state index is 0. The highest BCUT2D eigenvalue weighted by atomic mass is 35.5. The zero-order valence-corrected chi connectivity index (χ0v) is 19.4. The van der Waals surface area contributed by atoms with Crippen LogP contribution >= 0.6 is 0 Å². The number of benzene rings is 1. The van der Waals surface area contributed by atoms with Crippen molar-refractivity contribution < 1.29 is 30.1 Å². The molecule has 0 amide bonds. The van der Waals surface area contributed by atoms with Gasteiger partial charge >= 0.3 is 0 Å². The predicted molar refractivity (Wildman–Crippen MR) is 109 cm³/mol. The number of aryl methyl sites for hydroxylation is 1. The number of unbranched alkanes of at least 4 members (excludes halogenated alkanes) is 9. The molecule has 26 heavy (non-hydrogen) atoms. The molecule has 0 fully saturated rings. The van der Waals surface area contributed by atoms with Gasteiger partial charge in [-0.2, -0.15) is 0 Å². The van der Waals surface area contributed by atoms with E-state index >= 15 is 0 Å². The highest BCUT2D eigenvalue weighted by Gasteiger charge is 2.24. The molecular formula is C22H44Cl2N2. The Labute approximate surface area is 175 Å². The van der Waals surface area contributed by atoms with Crippen molar-refractivity contribution in [3.05, 3.63) is 35.4 Å². The van der Waals surface area contributed by atoms with E-state index in [4.69, 9.17) is 0 Å². The van der Waals surface area contributed by atoms with Crippen LogP contribution in [0, 0.1) is 6.92 Å². The Balaban J connectivity index is -0.00000176. The third-order valence-electron chi connectivity index (χ3n) is 5.05. The van der Waals surface area contributed by atoms with Crippen LogP contribution in [0.1, 0.15) is 96.1 Å². The fraction of sp³-hybridized carbons (Fsp3) is 0.727. The van der Waals surface area contributed by atoms with E-state index in [1.807, 2.05) is 0 Å². The van der Waals surface area contributed by atoms with Crippen molar-refractivity contribution in [2.75, 3.05) is 6.54 Å². The molecule has 0 atom stereocenters. The summed E-state index contributed by atoms with van der Waals surface area (Å²) in [7, 11) is 0. The molecule has 1 aromatic rings. The quantitative estimate of drug-likeness (QED) is 0.436. The van der Waals surface area contributed by atoms with Gasteiger partial charge in [0.1, 0.15) is 5.54 Å². The molecule has 0 unspecified atom stereocenters. The van der Waals surface area contributed by atoms with Gasteiger partial charge in [-0.3, -0.25) is 0 Å². The van der Waals surface area contributed by atoms with Crippen LogP contribution in [-0.2, 0) is 5.54 Å². The largest absolute Gasteiger partial charge is 1.00 e. The van der Waals surface area contributed by atoms with Crippen molar-refractivity contribution in [2.24, 2.45) is 0 Å². The van der Waals surface area contributed by atoms with Gasteiger partial charge in [0, 0.05) is 5.56 Å². The molecule has 1 aromatic carbocycles. The summed E-state index contributed by atoms with van der Waals surface area (Å²) in [6.45, 7) is 10.5. The lowest BCUT2D eigenvalue weighted by molar-refractivity contribution is -0.729. The van der Waals surface area contributed by atoms with Crippen LogP contribution in [-0.4, -0.2) is 6.54 Å². The molecule has 0 aliphatic carbocycles. The lowest BCUT2D eigenvalue weighted by atomic mass is 9.90. The molecule has 0 aliphatic heterocycles. The molecule has 0 radical (unpaired) electrons. The average Bonchev–Trinajstić information content (AvgIpc) is 2.53. The Kier molecular flexibility index (Phi) is 21.2. The van der Waals surface area contributed by atoms with E-state index in [9.17, 15) is 0 Å². The summed E-state index contributed by atoms with van der Waals surface area (Å²) in [6, 6.07) is 8.81. The predicted octanol–water partition coefficient (Wildman–Crippen LogP) is 0.0986. The van der Waals surface area contributed by atoms with E-state index in [1.54, 1.807) is 0 Å². The van der Waals surface area contributed by atoms with Gasteiger partial charge in [-0.1, -0.05) is 82.6 Å². The first-order valence-corrected chi connectivity index (χ1v) is 9.98. The van der Waals surface area contributed by atoms with Crippen molar-refractivity contribution >= 4 is 0 Å². The number of hydrogen-bond acceptors (Lipinski definition) is 0. The van der Waals surface area contributed by atoms with Crippen LogP contribution in [0.4, 0.5) is 0 Å². The molecule has 0 spiro atoms. The van der Waals surface area contributed by atoms with Gasteiger partial charge in [-0.15, -0.1) is 0 Å². The highest BCUT2D eigenvalue weighted by Crippen LogP contribution is 2.19. The summed E-state index contributed by atoms with van der Waals surface area (Å²) < 4.78 is 0. The van der Waals surface area contributed by atoms with Crippen LogP contribution in [0.15, 0.2) is 24.3 Å². The van der Waals surface area contributed by atoms with Crippen LogP contribution < -0.4 is 36.3 Å². The zero-order chi connectivity index (χ0) is 17.0. The number of nitrogens with two attached hydrogens (primary N) is 1. The Bertz CT molecular complexity index is 422. The third kappa shape index (κ3) is 13.0. The van der Waals surface area contributed by atoms with E-state index in [0.717, 1.165) is 0 Å². The number of halogens is 2. The summed E-state index contributed by atoms with van der Waals surface area (Å²) in [4.78, 5) is 0. The minimum absolute atomic E-state index is 0. The fourth-order valence-electron chi connectivity index (χ4n) is 3.50. The van der Waals surface area contributed by atoms with Crippen molar-refractivity contribution in [3.63, 3.8) is 0 Å². The molecule has 0 aromatic heterocycles. The first-order valence-electron chi connectivity index (χ1n) is 9.98. The van der Waals surface area contributed by atoms with Gasteiger partial charge in [0.05, 0.1) is 6.54 Å². The number of rotatable bonds is 13. The monoisotopic (exact) mass is 406 g/mol. The zero-order valence-electron chi connectivity index (χ0n) is 17.9. The third-order valence-corrected chi connectivity index (χ3v) is 5.05. The van der Waals surface area contributed by atoms with Crippen LogP contribution in [0.3, 0.4) is 0 Å². The van der Waals surface area contributed by atoms with Crippen molar-refractivity contribution in [1.82, 2.24) is 6.15 Å². The van der Waals surface area contributed by atoms with Crippen molar-refractivity contribution in [3.8, 4) is 0 Å². The molecule has 0 saturated heterocycles. The SMILES string of the molecule is CCCCCCCCCCCC[NH2+]C(C)(C)c1ccccc1C.[Cl-].[Cl-].[NH4+]. The van der Waals surface area contributed by atoms with Crippen molar-refractivity contribution in [2.45, 2.75) is 97.4 Å². The van der Waals surface area contributed by atoms with E-state index < -0.39 is 0 Å². The molecule has 2 nitrogen and oxygen atoms in total. The Morgan fingerprint density at radius 3 is 1.73 bits per heavy atom. The first-order chi connectivity index (χ1) is 11.1. The second-order valence-electron chi connectivity index (χ2n) is 7.71. The van der Waals surface area contributed by atoms with E-state index in [-0.39, 0.29) is 36.5 Å². The summed E-state index contributed by atoms with van der Waals surface area (Å²) in [6.07, 6.45) is 14.2. The fourth-order valence-corrected chi connectivity index (χ4v) is 3.50. The lowest BCUT2D eigenvalue weighted by Gasteiger charge is -2.25. The second kappa shape index (κ2) is 18.1. The lowest BCUT2D eigenvalue weighted by Crippen LogP contribution is -3.00. The Morgan fingerprint density at radius 2 is 1.23 bits per heavy atom. The molecule has 6 N–H and O–H groups in total. The molecular weight excluding hydrogens is 363 g/mol. The van der Waals surface area contributed by atoms with Gasteiger partial charge in [0.25, 0.3) is 0 Å². The van der Waals surface area contributed by atoms with Gasteiger partial charge in [0.15, 0.2) is 0 Å². The molecule has 0 saturated carbocycles. The smallest absolute Gasteiger partial charge is 0.116 e. The van der Waals surface area contributed by atoms with E-state index in [1.165, 1.54) is 81.9 Å². The van der Waals surface area contributed by atoms with Gasteiger partial charge in [-0.25, -0.2) is 0 Å². The second-order valence-corrected chi connectivity index (χ2v) is 7.71. The molecule has 4 heteroatoms. The maximum Gasteiger partial charge on any atom is 0.116 e. The summed E-state index contributed by atoms with van der Waals surface area (Å²) in [5.74, 6) is 0. The number of quaternary nitrogens is 2. The summed E-state index contributed by atoms with van der Waals surface area (Å²) in [5.41, 5.74) is 3.09. The van der Waals surface area contributed by atoms with Gasteiger partial charge in [0.2, 0.25) is 0 Å². The van der Waals surface area contributed by atoms with Crippen molar-refractivity contribution in [1.29, 1.82) is 0 Å². The Hall–Kier alpha value is -0.280. The van der Waals surface area contributed by atoms with Gasteiger partial charge in [-0.05, 0) is 39.2 Å². The van der Waals surface area contributed by atoms with Crippen LogP contribution in [0.2, 0.25) is 0 Å². The maximum atomic E-state index is 2.53. The summed E-state index contributed by atoms with van der Waals surface area (Å²) in [5, 5.41) is 2.53. The molecule has 156 valence electrons. The molecule has 0 aliphatic rings. The van der Waals surface area contributed by atoms with Crippen LogP contribution in [0.5, 0.6) is 0 Å². The standard InChI is InChI=1S/C22H39N.2ClH.H3N/c1-5-6-7-8-9-10-11-12-13-16-19-23-22(3,4)21-18-15-14-17-20(21)2;;;/h14-15,17-18,23H,5-13,16,19H2,1-4H3;2*1H;1H3. The number of hydrogen-bond donors (Lipinski definition) is 2. The summed E-state index contributed by atoms with van der Waals surface area (Å²) >= 11 is 0. The molecule has 0 heterocycles. The maximum absolute atomic E-state index is 2.53. The highest BCUT2D eigenvalue weighted by molar-refractivity contribution is 5.29. The van der Waals surface area contributed by atoms with Crippen LogP contribution in [0.25, 0.3) is 0 Å². The normalized spacial score (nSPS) is 10.5. The topological polar surface area (TPSA) is 53.1 Å². The minimum Gasteiger partial charge on any atom is -1.00 e. The molecule has 1 rings (SSSR count). The van der Waals surface area contributed by atoms with E-state index in [2.05, 4.69) is 57.3 Å².